The van der Waals surface area contributed by atoms with Gasteiger partial charge in [0, 0.05) is 21.9 Å². The van der Waals surface area contributed by atoms with E-state index in [-0.39, 0.29) is 0 Å². The van der Waals surface area contributed by atoms with E-state index in [0.717, 1.165) is 26.1 Å². The molecule has 3 nitrogen and oxygen atoms in total. The average molecular weight is 355 g/mol. The first-order valence-corrected chi connectivity index (χ1v) is 7.32. The molecule has 2 aromatic rings. The molecule has 0 aliphatic carbocycles. The Bertz CT molecular complexity index is 476. The molecule has 4 heteroatoms. The number of hydrogen-bond acceptors (Lipinski definition) is 2. The first-order chi connectivity index (χ1) is 8.78. The van der Waals surface area contributed by atoms with Gasteiger partial charge < -0.3 is 5.32 Å². The van der Waals surface area contributed by atoms with Gasteiger partial charge in [0.25, 0.3) is 0 Å². The van der Waals surface area contributed by atoms with E-state index < -0.39 is 0 Å². The van der Waals surface area contributed by atoms with Crippen LogP contribution in [0.2, 0.25) is 0 Å². The molecule has 1 aromatic heterocycles. The molecule has 0 aliphatic rings. The van der Waals surface area contributed by atoms with Crippen LogP contribution in [-0.4, -0.2) is 16.3 Å². The summed E-state index contributed by atoms with van der Waals surface area (Å²) in [5.41, 5.74) is 2.53. The molecule has 0 saturated carbocycles. The molecular weight excluding hydrogens is 337 g/mol. The molecule has 0 amide bonds. The van der Waals surface area contributed by atoms with Crippen LogP contribution < -0.4 is 5.32 Å². The fraction of sp³-hybridized carbons (Fsp3) is 0.357. The second-order valence-electron chi connectivity index (χ2n) is 4.35. The van der Waals surface area contributed by atoms with Gasteiger partial charge in [0.1, 0.15) is 0 Å². The van der Waals surface area contributed by atoms with E-state index in [1.54, 1.807) is 0 Å². The minimum Gasteiger partial charge on any atom is -0.313 e. The van der Waals surface area contributed by atoms with Crippen LogP contribution in [0.4, 0.5) is 0 Å². The summed E-state index contributed by atoms with van der Waals surface area (Å²) in [4.78, 5) is 0. The Kier molecular flexibility index (Phi) is 5.19. The predicted octanol–water partition coefficient (Wildman–Crippen LogP) is 3.04. The Morgan fingerprint density at radius 2 is 2.00 bits per heavy atom. The number of nitrogens with one attached hydrogen (secondary N) is 1. The summed E-state index contributed by atoms with van der Waals surface area (Å²) < 4.78 is 3.26. The monoisotopic (exact) mass is 355 g/mol. The Morgan fingerprint density at radius 1 is 1.22 bits per heavy atom. The van der Waals surface area contributed by atoms with Crippen molar-refractivity contribution in [2.24, 2.45) is 0 Å². The van der Waals surface area contributed by atoms with E-state index in [4.69, 9.17) is 0 Å². The lowest BCUT2D eigenvalue weighted by Gasteiger charge is -2.02. The van der Waals surface area contributed by atoms with E-state index in [1.165, 1.54) is 14.7 Å². The molecule has 96 valence electrons. The van der Waals surface area contributed by atoms with Gasteiger partial charge in [0.05, 0.1) is 12.7 Å². The van der Waals surface area contributed by atoms with Crippen molar-refractivity contribution in [2.45, 2.75) is 26.4 Å². The maximum Gasteiger partial charge on any atom is 0.0659 e. The van der Waals surface area contributed by atoms with E-state index in [1.807, 2.05) is 10.9 Å². The summed E-state index contributed by atoms with van der Waals surface area (Å²) in [6.45, 7) is 4.97. The summed E-state index contributed by atoms with van der Waals surface area (Å²) in [7, 11) is 0. The van der Waals surface area contributed by atoms with Gasteiger partial charge in [0.2, 0.25) is 0 Å². The Balaban J connectivity index is 1.91. The molecule has 1 heterocycles. The minimum absolute atomic E-state index is 0.838. The summed E-state index contributed by atoms with van der Waals surface area (Å²) in [6.07, 6.45) is 5.22. The van der Waals surface area contributed by atoms with Crippen LogP contribution in [0.5, 0.6) is 0 Å². The SMILES string of the molecule is CCCNCc1cnn(Cc2ccc(I)cc2)c1. The van der Waals surface area contributed by atoms with Crippen molar-refractivity contribution in [1.82, 2.24) is 15.1 Å². The molecule has 1 N–H and O–H groups in total. The number of rotatable bonds is 6. The predicted molar refractivity (Wildman–Crippen MR) is 82.5 cm³/mol. The van der Waals surface area contributed by atoms with E-state index >= 15 is 0 Å². The van der Waals surface area contributed by atoms with Gasteiger partial charge in [-0.1, -0.05) is 19.1 Å². The molecule has 0 radical (unpaired) electrons. The van der Waals surface area contributed by atoms with Crippen LogP contribution in [0.1, 0.15) is 24.5 Å². The molecule has 0 atom stereocenters. The highest BCUT2D eigenvalue weighted by Gasteiger charge is 1.99. The van der Waals surface area contributed by atoms with Gasteiger partial charge in [0.15, 0.2) is 0 Å². The summed E-state index contributed by atoms with van der Waals surface area (Å²) in [6, 6.07) is 8.56. The van der Waals surface area contributed by atoms with Crippen molar-refractivity contribution in [3.63, 3.8) is 0 Å². The van der Waals surface area contributed by atoms with E-state index in [9.17, 15) is 0 Å². The van der Waals surface area contributed by atoms with Crippen molar-refractivity contribution < 1.29 is 0 Å². The highest BCUT2D eigenvalue weighted by molar-refractivity contribution is 14.1. The van der Waals surface area contributed by atoms with Crippen LogP contribution in [0.3, 0.4) is 0 Å². The van der Waals surface area contributed by atoms with Crippen molar-refractivity contribution in [1.29, 1.82) is 0 Å². The van der Waals surface area contributed by atoms with Crippen LogP contribution >= 0.6 is 22.6 Å². The molecule has 0 spiro atoms. The fourth-order valence-electron chi connectivity index (χ4n) is 1.77. The number of hydrogen-bond donors (Lipinski definition) is 1. The number of halogens is 1. The molecule has 0 aliphatic heterocycles. The fourth-order valence-corrected chi connectivity index (χ4v) is 2.13. The van der Waals surface area contributed by atoms with Gasteiger partial charge in [-0.3, -0.25) is 4.68 Å². The average Bonchev–Trinajstić information content (AvgIpc) is 2.80. The molecule has 0 unspecified atom stereocenters. The highest BCUT2D eigenvalue weighted by atomic mass is 127. The zero-order chi connectivity index (χ0) is 12.8. The lowest BCUT2D eigenvalue weighted by Crippen LogP contribution is -2.13. The Hall–Kier alpha value is -0.880. The first-order valence-electron chi connectivity index (χ1n) is 6.24. The second-order valence-corrected chi connectivity index (χ2v) is 5.60. The molecule has 0 bridgehead atoms. The minimum atomic E-state index is 0.838. The largest absolute Gasteiger partial charge is 0.313 e. The summed E-state index contributed by atoms with van der Waals surface area (Å²) in [5, 5.41) is 7.77. The zero-order valence-electron chi connectivity index (χ0n) is 10.6. The van der Waals surface area contributed by atoms with Crippen molar-refractivity contribution in [3.8, 4) is 0 Å². The first kappa shape index (κ1) is 13.5. The third-order valence-electron chi connectivity index (χ3n) is 2.70. The molecular formula is C14H18IN3. The van der Waals surface area contributed by atoms with E-state index in [2.05, 4.69) is 70.4 Å². The molecule has 1 aromatic carbocycles. The van der Waals surface area contributed by atoms with Crippen LogP contribution in [0, 0.1) is 3.57 Å². The van der Waals surface area contributed by atoms with Crippen molar-refractivity contribution >= 4 is 22.6 Å². The van der Waals surface area contributed by atoms with Gasteiger partial charge in [-0.2, -0.15) is 5.10 Å². The lowest BCUT2D eigenvalue weighted by molar-refractivity contribution is 0.668. The van der Waals surface area contributed by atoms with Gasteiger partial charge in [-0.25, -0.2) is 0 Å². The number of benzene rings is 1. The Morgan fingerprint density at radius 3 is 2.72 bits per heavy atom. The second kappa shape index (κ2) is 6.89. The lowest BCUT2D eigenvalue weighted by atomic mass is 10.2. The smallest absolute Gasteiger partial charge is 0.0659 e. The summed E-state index contributed by atoms with van der Waals surface area (Å²) in [5.74, 6) is 0. The van der Waals surface area contributed by atoms with Crippen LogP contribution in [0.15, 0.2) is 36.7 Å². The topological polar surface area (TPSA) is 29.9 Å². The maximum absolute atomic E-state index is 4.39. The highest BCUT2D eigenvalue weighted by Crippen LogP contribution is 2.08. The quantitative estimate of drug-likeness (QED) is 0.638. The van der Waals surface area contributed by atoms with Gasteiger partial charge >= 0.3 is 0 Å². The molecule has 2 rings (SSSR count). The zero-order valence-corrected chi connectivity index (χ0v) is 12.7. The van der Waals surface area contributed by atoms with Crippen LogP contribution in [0.25, 0.3) is 0 Å². The standard InChI is InChI=1S/C14H18IN3/c1-2-7-16-8-13-9-17-18(11-13)10-12-3-5-14(15)6-4-12/h3-6,9,11,16H,2,7-8,10H2,1H3. The Labute approximate surface area is 122 Å². The van der Waals surface area contributed by atoms with Crippen molar-refractivity contribution in [2.75, 3.05) is 6.54 Å². The van der Waals surface area contributed by atoms with Crippen LogP contribution in [-0.2, 0) is 13.1 Å². The molecule has 18 heavy (non-hydrogen) atoms. The maximum atomic E-state index is 4.39. The van der Waals surface area contributed by atoms with E-state index in [0.29, 0.717) is 0 Å². The third kappa shape index (κ3) is 4.10. The molecule has 0 fully saturated rings. The normalized spacial score (nSPS) is 10.8. The number of nitrogens with zero attached hydrogens (tertiary/aromatic N) is 2. The van der Waals surface area contributed by atoms with Crippen molar-refractivity contribution in [3.05, 3.63) is 51.4 Å². The third-order valence-corrected chi connectivity index (χ3v) is 3.42. The summed E-state index contributed by atoms with van der Waals surface area (Å²) >= 11 is 2.32. The number of aromatic nitrogens is 2. The van der Waals surface area contributed by atoms with Gasteiger partial charge in [-0.05, 0) is 53.3 Å². The van der Waals surface area contributed by atoms with Gasteiger partial charge in [-0.15, -0.1) is 0 Å². The molecule has 0 saturated heterocycles.